The highest BCUT2D eigenvalue weighted by molar-refractivity contribution is 7.13. The molecule has 0 saturated heterocycles. The lowest BCUT2D eigenvalue weighted by Crippen LogP contribution is -2.40. The van der Waals surface area contributed by atoms with Gasteiger partial charge in [-0.05, 0) is 12.8 Å². The van der Waals surface area contributed by atoms with Crippen LogP contribution in [-0.4, -0.2) is 22.2 Å². The van der Waals surface area contributed by atoms with Crippen molar-refractivity contribution in [2.45, 2.75) is 38.1 Å². The average molecular weight is 226 g/mol. The molecule has 0 aliphatic heterocycles. The summed E-state index contributed by atoms with van der Waals surface area (Å²) in [6.45, 7) is 0. The fourth-order valence-electron chi connectivity index (χ4n) is 2.07. The van der Waals surface area contributed by atoms with Gasteiger partial charge in [-0.3, -0.25) is 0 Å². The van der Waals surface area contributed by atoms with Crippen molar-refractivity contribution in [1.82, 2.24) is 4.98 Å². The summed E-state index contributed by atoms with van der Waals surface area (Å²) in [5, 5.41) is 11.6. The summed E-state index contributed by atoms with van der Waals surface area (Å²) in [4.78, 5) is 16.7. The van der Waals surface area contributed by atoms with E-state index in [1.165, 1.54) is 22.7 Å². The van der Waals surface area contributed by atoms with E-state index in [-0.39, 0.29) is 6.04 Å². The quantitative estimate of drug-likeness (QED) is 0.843. The molecule has 15 heavy (non-hydrogen) atoms. The van der Waals surface area contributed by atoms with Crippen LogP contribution in [0.4, 0.5) is 9.93 Å². The first kappa shape index (κ1) is 10.4. The molecule has 1 heterocycles. The lowest BCUT2D eigenvalue weighted by molar-refractivity contribution is 0.196. The minimum absolute atomic E-state index is 0.127. The van der Waals surface area contributed by atoms with Gasteiger partial charge >= 0.3 is 6.09 Å². The molecule has 0 aromatic carbocycles. The van der Waals surface area contributed by atoms with E-state index in [4.69, 9.17) is 0 Å². The lowest BCUT2D eigenvalue weighted by Gasteiger charge is -2.30. The second-order valence-electron chi connectivity index (χ2n) is 3.76. The molecule has 1 aromatic heterocycles. The van der Waals surface area contributed by atoms with Gasteiger partial charge in [0.05, 0.1) is 0 Å². The number of thiazole rings is 1. The SMILES string of the molecule is O=C(O)N(c1nccs1)C1CCCCC1. The van der Waals surface area contributed by atoms with Crippen molar-refractivity contribution >= 4 is 22.6 Å². The van der Waals surface area contributed by atoms with Crippen LogP contribution in [0.3, 0.4) is 0 Å². The zero-order chi connectivity index (χ0) is 10.7. The maximum Gasteiger partial charge on any atom is 0.413 e. The molecule has 5 heteroatoms. The summed E-state index contributed by atoms with van der Waals surface area (Å²) in [6.07, 6.45) is 6.18. The predicted octanol–water partition coefficient (Wildman–Crippen LogP) is 2.96. The summed E-state index contributed by atoms with van der Waals surface area (Å²) in [6, 6.07) is 0.127. The van der Waals surface area contributed by atoms with Gasteiger partial charge < -0.3 is 5.11 Å². The van der Waals surface area contributed by atoms with E-state index in [0.29, 0.717) is 5.13 Å². The van der Waals surface area contributed by atoms with Gasteiger partial charge in [0.2, 0.25) is 0 Å². The summed E-state index contributed by atoms with van der Waals surface area (Å²) < 4.78 is 0. The Bertz CT molecular complexity index is 320. The number of aromatic nitrogens is 1. The molecule has 1 saturated carbocycles. The molecule has 0 bridgehead atoms. The largest absolute Gasteiger partial charge is 0.465 e. The Hall–Kier alpha value is -1.10. The van der Waals surface area contributed by atoms with Crippen molar-refractivity contribution in [2.24, 2.45) is 0 Å². The Balaban J connectivity index is 2.15. The van der Waals surface area contributed by atoms with Crippen LogP contribution in [-0.2, 0) is 0 Å². The predicted molar refractivity (Wildman–Crippen MR) is 59.5 cm³/mol. The number of carbonyl (C=O) groups is 1. The van der Waals surface area contributed by atoms with Crippen molar-refractivity contribution in [2.75, 3.05) is 4.90 Å². The Kier molecular flexibility index (Phi) is 3.20. The Morgan fingerprint density at radius 2 is 2.20 bits per heavy atom. The molecule has 0 unspecified atom stereocenters. The van der Waals surface area contributed by atoms with Gasteiger partial charge in [0.25, 0.3) is 0 Å². The highest BCUT2D eigenvalue weighted by atomic mass is 32.1. The highest BCUT2D eigenvalue weighted by Gasteiger charge is 2.27. The molecule has 4 nitrogen and oxygen atoms in total. The number of hydrogen-bond acceptors (Lipinski definition) is 3. The zero-order valence-corrected chi connectivity index (χ0v) is 9.24. The number of amides is 1. The van der Waals surface area contributed by atoms with Crippen molar-refractivity contribution in [3.05, 3.63) is 11.6 Å². The van der Waals surface area contributed by atoms with Crippen LogP contribution in [0.2, 0.25) is 0 Å². The van der Waals surface area contributed by atoms with Crippen LogP contribution in [0.25, 0.3) is 0 Å². The van der Waals surface area contributed by atoms with Gasteiger partial charge in [0.15, 0.2) is 5.13 Å². The fourth-order valence-corrected chi connectivity index (χ4v) is 2.77. The number of carboxylic acid groups (broad SMARTS) is 1. The third-order valence-electron chi connectivity index (χ3n) is 2.77. The number of rotatable bonds is 2. The maximum absolute atomic E-state index is 11.2. The maximum atomic E-state index is 11.2. The average Bonchev–Trinajstić information content (AvgIpc) is 2.72. The summed E-state index contributed by atoms with van der Waals surface area (Å²) in [5.41, 5.74) is 0. The third-order valence-corrected chi connectivity index (χ3v) is 3.54. The molecule has 0 spiro atoms. The molecule has 1 aliphatic rings. The van der Waals surface area contributed by atoms with E-state index < -0.39 is 6.09 Å². The van der Waals surface area contributed by atoms with Gasteiger partial charge in [0, 0.05) is 17.6 Å². The molecular weight excluding hydrogens is 212 g/mol. The molecule has 2 rings (SSSR count). The standard InChI is InChI=1S/C10H14N2O2S/c13-10(14)12(9-11-6-7-15-9)8-4-2-1-3-5-8/h6-8H,1-5H2,(H,13,14). The smallest absolute Gasteiger partial charge is 0.413 e. The zero-order valence-electron chi connectivity index (χ0n) is 8.43. The first-order valence-corrected chi connectivity index (χ1v) is 6.08. The minimum Gasteiger partial charge on any atom is -0.465 e. The lowest BCUT2D eigenvalue weighted by atomic mass is 9.95. The van der Waals surface area contributed by atoms with Crippen LogP contribution in [0.15, 0.2) is 11.6 Å². The normalized spacial score (nSPS) is 17.6. The van der Waals surface area contributed by atoms with Crippen molar-refractivity contribution in [3.8, 4) is 0 Å². The van der Waals surface area contributed by atoms with E-state index in [1.807, 2.05) is 5.38 Å². The molecular formula is C10H14N2O2S. The second-order valence-corrected chi connectivity index (χ2v) is 4.63. The van der Waals surface area contributed by atoms with Crippen LogP contribution in [0.5, 0.6) is 0 Å². The van der Waals surface area contributed by atoms with Crippen LogP contribution < -0.4 is 4.90 Å². The summed E-state index contributed by atoms with van der Waals surface area (Å²) >= 11 is 1.39. The number of anilines is 1. The topological polar surface area (TPSA) is 53.4 Å². The van der Waals surface area contributed by atoms with Gasteiger partial charge in [-0.25, -0.2) is 14.7 Å². The minimum atomic E-state index is -0.878. The van der Waals surface area contributed by atoms with E-state index >= 15 is 0 Å². The first-order valence-electron chi connectivity index (χ1n) is 5.20. The summed E-state index contributed by atoms with van der Waals surface area (Å²) in [7, 11) is 0. The van der Waals surface area contributed by atoms with E-state index in [1.54, 1.807) is 6.20 Å². The molecule has 1 fully saturated rings. The second kappa shape index (κ2) is 4.61. The van der Waals surface area contributed by atoms with Crippen molar-refractivity contribution in [3.63, 3.8) is 0 Å². The van der Waals surface area contributed by atoms with Crippen molar-refractivity contribution in [1.29, 1.82) is 0 Å². The number of hydrogen-bond donors (Lipinski definition) is 1. The van der Waals surface area contributed by atoms with E-state index in [2.05, 4.69) is 4.98 Å². The molecule has 1 N–H and O–H groups in total. The van der Waals surface area contributed by atoms with Crippen LogP contribution in [0, 0.1) is 0 Å². The third kappa shape index (κ3) is 2.28. The molecule has 0 atom stereocenters. The molecule has 82 valence electrons. The van der Waals surface area contributed by atoms with Gasteiger partial charge in [0.1, 0.15) is 0 Å². The van der Waals surface area contributed by atoms with Gasteiger partial charge in [-0.2, -0.15) is 0 Å². The van der Waals surface area contributed by atoms with Gasteiger partial charge in [-0.1, -0.05) is 19.3 Å². The first-order chi connectivity index (χ1) is 7.29. The highest BCUT2D eigenvalue weighted by Crippen LogP contribution is 2.28. The summed E-state index contributed by atoms with van der Waals surface area (Å²) in [5.74, 6) is 0. The Labute approximate surface area is 92.6 Å². The van der Waals surface area contributed by atoms with Crippen LogP contribution >= 0.6 is 11.3 Å². The Morgan fingerprint density at radius 3 is 2.73 bits per heavy atom. The molecule has 0 radical (unpaired) electrons. The van der Waals surface area contributed by atoms with Gasteiger partial charge in [-0.15, -0.1) is 11.3 Å². The molecule has 1 aromatic rings. The molecule has 1 amide bonds. The number of nitrogens with zero attached hydrogens (tertiary/aromatic N) is 2. The van der Waals surface area contributed by atoms with E-state index in [9.17, 15) is 9.90 Å². The van der Waals surface area contributed by atoms with E-state index in [0.717, 1.165) is 25.7 Å². The van der Waals surface area contributed by atoms with Crippen molar-refractivity contribution < 1.29 is 9.90 Å². The molecule has 1 aliphatic carbocycles. The Morgan fingerprint density at radius 1 is 1.47 bits per heavy atom. The monoisotopic (exact) mass is 226 g/mol. The fraction of sp³-hybridized carbons (Fsp3) is 0.600. The van der Waals surface area contributed by atoms with Crippen LogP contribution in [0.1, 0.15) is 32.1 Å².